The molecule has 0 unspecified atom stereocenters. The van der Waals surface area contributed by atoms with Crippen LogP contribution in [0.1, 0.15) is 24.0 Å². The third-order valence-corrected chi connectivity index (χ3v) is 3.98. The molecule has 1 amide bonds. The molecule has 1 aliphatic heterocycles. The van der Waals surface area contributed by atoms with Crippen LogP contribution in [0.15, 0.2) is 24.3 Å². The van der Waals surface area contributed by atoms with Gasteiger partial charge in [-0.3, -0.25) is 4.79 Å². The largest absolute Gasteiger partial charge is 0.416 e. The number of methoxy groups -OCH3 is 1. The fourth-order valence-corrected chi connectivity index (χ4v) is 2.64. The van der Waals surface area contributed by atoms with E-state index in [-0.39, 0.29) is 18.0 Å². The second kappa shape index (κ2) is 6.66. The van der Waals surface area contributed by atoms with Gasteiger partial charge in [0.15, 0.2) is 0 Å². The maximum absolute atomic E-state index is 12.9. The number of hydrogen-bond donors (Lipinski definition) is 2. The van der Waals surface area contributed by atoms with Gasteiger partial charge in [0.2, 0.25) is 0 Å². The first-order valence-electron chi connectivity index (χ1n) is 7.08. The molecule has 0 spiro atoms. The molecule has 0 atom stereocenters. The number of halogens is 3. The third-order valence-electron chi connectivity index (χ3n) is 3.98. The molecule has 1 aliphatic rings. The Labute approximate surface area is 127 Å². The summed E-state index contributed by atoms with van der Waals surface area (Å²) in [6.45, 7) is 1.11. The van der Waals surface area contributed by atoms with E-state index >= 15 is 0 Å². The zero-order valence-corrected chi connectivity index (χ0v) is 12.3. The molecule has 122 valence electrons. The van der Waals surface area contributed by atoms with Crippen LogP contribution in [-0.2, 0) is 22.3 Å². The predicted octanol–water partition coefficient (Wildman–Crippen LogP) is 2.09. The second-order valence-corrected chi connectivity index (χ2v) is 5.29. The first kappa shape index (κ1) is 16.8. The summed E-state index contributed by atoms with van der Waals surface area (Å²) >= 11 is 0. The first-order chi connectivity index (χ1) is 10.4. The molecular weight excluding hydrogens is 297 g/mol. The van der Waals surface area contributed by atoms with Crippen LogP contribution in [0.25, 0.3) is 0 Å². The van der Waals surface area contributed by atoms with Crippen molar-refractivity contribution in [2.45, 2.75) is 31.2 Å². The lowest BCUT2D eigenvalue weighted by atomic mass is 9.91. The maximum Gasteiger partial charge on any atom is 0.416 e. The van der Waals surface area contributed by atoms with Crippen molar-refractivity contribution in [2.24, 2.45) is 0 Å². The lowest BCUT2D eigenvalue weighted by Crippen LogP contribution is -2.54. The van der Waals surface area contributed by atoms with Gasteiger partial charge in [0.05, 0.1) is 5.56 Å². The standard InChI is InChI=1S/C15H19F3N2O2/c1-22-14(6-8-19-9-7-14)13(21)20-10-11-4-2-3-5-12(11)15(16,17)18/h2-5,19H,6-10H2,1H3,(H,20,21). The number of ether oxygens (including phenoxy) is 1. The zero-order chi connectivity index (χ0) is 16.2. The first-order valence-corrected chi connectivity index (χ1v) is 7.08. The lowest BCUT2D eigenvalue weighted by molar-refractivity contribution is -0.147. The fourth-order valence-electron chi connectivity index (χ4n) is 2.64. The Hall–Kier alpha value is -1.60. The van der Waals surface area contributed by atoms with Gasteiger partial charge in [-0.1, -0.05) is 18.2 Å². The molecule has 22 heavy (non-hydrogen) atoms. The zero-order valence-electron chi connectivity index (χ0n) is 12.3. The minimum Gasteiger partial charge on any atom is -0.368 e. The van der Waals surface area contributed by atoms with Gasteiger partial charge < -0.3 is 15.4 Å². The molecular formula is C15H19F3N2O2. The Morgan fingerprint density at radius 2 is 1.95 bits per heavy atom. The number of carbonyl (C=O) groups is 1. The molecule has 1 fully saturated rings. The minimum atomic E-state index is -4.44. The predicted molar refractivity (Wildman–Crippen MR) is 75.1 cm³/mol. The molecule has 0 bridgehead atoms. The van der Waals surface area contributed by atoms with E-state index in [9.17, 15) is 18.0 Å². The van der Waals surface area contributed by atoms with E-state index in [1.54, 1.807) is 0 Å². The van der Waals surface area contributed by atoms with E-state index in [1.165, 1.54) is 25.3 Å². The summed E-state index contributed by atoms with van der Waals surface area (Å²) in [5.41, 5.74) is -1.64. The molecule has 1 heterocycles. The number of nitrogens with one attached hydrogen (secondary N) is 2. The van der Waals surface area contributed by atoms with Gasteiger partial charge in [0, 0.05) is 13.7 Å². The number of piperidine rings is 1. The highest BCUT2D eigenvalue weighted by Crippen LogP contribution is 2.32. The summed E-state index contributed by atoms with van der Waals surface area (Å²) in [6, 6.07) is 5.23. The van der Waals surface area contributed by atoms with E-state index in [4.69, 9.17) is 4.74 Å². The highest BCUT2D eigenvalue weighted by molar-refractivity contribution is 5.85. The topological polar surface area (TPSA) is 50.4 Å². The molecule has 4 nitrogen and oxygen atoms in total. The molecule has 1 saturated heterocycles. The smallest absolute Gasteiger partial charge is 0.368 e. The number of rotatable bonds is 4. The Bertz CT molecular complexity index is 526. The van der Waals surface area contributed by atoms with Crippen LogP contribution in [0.2, 0.25) is 0 Å². The molecule has 7 heteroatoms. The van der Waals surface area contributed by atoms with E-state index in [0.717, 1.165) is 6.07 Å². The van der Waals surface area contributed by atoms with Crippen molar-refractivity contribution in [2.75, 3.05) is 20.2 Å². The van der Waals surface area contributed by atoms with Gasteiger partial charge in [-0.05, 0) is 37.6 Å². The number of hydrogen-bond acceptors (Lipinski definition) is 3. The van der Waals surface area contributed by atoms with Gasteiger partial charge in [0.1, 0.15) is 5.60 Å². The molecule has 0 aliphatic carbocycles. The van der Waals surface area contributed by atoms with Crippen molar-refractivity contribution >= 4 is 5.91 Å². The van der Waals surface area contributed by atoms with E-state index in [0.29, 0.717) is 25.9 Å². The van der Waals surface area contributed by atoms with Crippen LogP contribution in [-0.4, -0.2) is 31.7 Å². The molecule has 0 radical (unpaired) electrons. The quantitative estimate of drug-likeness (QED) is 0.894. The lowest BCUT2D eigenvalue weighted by Gasteiger charge is -2.34. The van der Waals surface area contributed by atoms with Crippen LogP contribution in [0, 0.1) is 0 Å². The fraction of sp³-hybridized carbons (Fsp3) is 0.533. The molecule has 2 rings (SSSR count). The normalized spacial score (nSPS) is 18.0. The van der Waals surface area contributed by atoms with Crippen molar-refractivity contribution in [1.29, 1.82) is 0 Å². The Morgan fingerprint density at radius 1 is 1.32 bits per heavy atom. The number of benzene rings is 1. The minimum absolute atomic E-state index is 0.0449. The van der Waals surface area contributed by atoms with Gasteiger partial charge in [-0.25, -0.2) is 0 Å². The highest BCUT2D eigenvalue weighted by Gasteiger charge is 2.40. The summed E-state index contributed by atoms with van der Waals surface area (Å²) in [5, 5.41) is 5.70. The SMILES string of the molecule is COC1(C(=O)NCc2ccccc2C(F)(F)F)CCNCC1. The van der Waals surface area contributed by atoms with Crippen LogP contribution in [0.3, 0.4) is 0 Å². The average Bonchev–Trinajstić information content (AvgIpc) is 2.52. The second-order valence-electron chi connectivity index (χ2n) is 5.29. The monoisotopic (exact) mass is 316 g/mol. The van der Waals surface area contributed by atoms with Crippen molar-refractivity contribution in [3.63, 3.8) is 0 Å². The maximum atomic E-state index is 12.9. The van der Waals surface area contributed by atoms with Gasteiger partial charge in [-0.15, -0.1) is 0 Å². The number of amides is 1. The van der Waals surface area contributed by atoms with Crippen LogP contribution in [0.4, 0.5) is 13.2 Å². The Kier molecular flexibility index (Phi) is 5.08. The Balaban J connectivity index is 2.08. The molecule has 0 saturated carbocycles. The molecule has 1 aromatic rings. The van der Waals surface area contributed by atoms with Gasteiger partial charge in [0.25, 0.3) is 5.91 Å². The summed E-state index contributed by atoms with van der Waals surface area (Å²) in [7, 11) is 1.45. The van der Waals surface area contributed by atoms with Crippen molar-refractivity contribution in [1.82, 2.24) is 10.6 Å². The van der Waals surface area contributed by atoms with Crippen LogP contribution >= 0.6 is 0 Å². The molecule has 2 N–H and O–H groups in total. The van der Waals surface area contributed by atoms with E-state index in [2.05, 4.69) is 10.6 Å². The summed E-state index contributed by atoms with van der Waals surface area (Å²) < 4.78 is 44.1. The Morgan fingerprint density at radius 3 is 2.55 bits per heavy atom. The van der Waals surface area contributed by atoms with Crippen LogP contribution in [0.5, 0.6) is 0 Å². The number of alkyl halides is 3. The van der Waals surface area contributed by atoms with Crippen molar-refractivity contribution < 1.29 is 22.7 Å². The van der Waals surface area contributed by atoms with Crippen molar-refractivity contribution in [3.8, 4) is 0 Å². The van der Waals surface area contributed by atoms with Gasteiger partial charge in [-0.2, -0.15) is 13.2 Å². The van der Waals surface area contributed by atoms with E-state index in [1.807, 2.05) is 0 Å². The van der Waals surface area contributed by atoms with Gasteiger partial charge >= 0.3 is 6.18 Å². The average molecular weight is 316 g/mol. The highest BCUT2D eigenvalue weighted by atomic mass is 19.4. The summed E-state index contributed by atoms with van der Waals surface area (Å²) in [5.74, 6) is -0.367. The van der Waals surface area contributed by atoms with Crippen molar-refractivity contribution in [3.05, 3.63) is 35.4 Å². The van der Waals surface area contributed by atoms with E-state index < -0.39 is 17.3 Å². The summed E-state index contributed by atoms with van der Waals surface area (Å²) in [6.07, 6.45) is -3.44. The summed E-state index contributed by atoms with van der Waals surface area (Å²) in [4.78, 5) is 12.3. The molecule has 0 aromatic heterocycles. The van der Waals surface area contributed by atoms with Crippen LogP contribution < -0.4 is 10.6 Å². The third kappa shape index (κ3) is 3.59. The molecule has 1 aromatic carbocycles. The number of carbonyl (C=O) groups excluding carboxylic acids is 1.